The summed E-state index contributed by atoms with van der Waals surface area (Å²) in [7, 11) is 0. The minimum atomic E-state index is -0.292. The van der Waals surface area contributed by atoms with Gasteiger partial charge in [-0.15, -0.1) is 11.6 Å². The first-order valence-corrected chi connectivity index (χ1v) is 5.88. The van der Waals surface area contributed by atoms with E-state index in [2.05, 4.69) is 10.3 Å². The van der Waals surface area contributed by atoms with E-state index in [1.165, 1.54) is 12.1 Å². The summed E-state index contributed by atoms with van der Waals surface area (Å²) in [6.45, 7) is 1.57. The Kier molecular flexibility index (Phi) is 6.35. The molecule has 0 fully saturated rings. The van der Waals surface area contributed by atoms with Crippen molar-refractivity contribution in [1.82, 2.24) is 10.3 Å². The van der Waals surface area contributed by atoms with Crippen molar-refractivity contribution in [2.45, 2.75) is 6.42 Å². The highest BCUT2D eigenvalue weighted by molar-refractivity contribution is 6.17. The van der Waals surface area contributed by atoms with Crippen LogP contribution in [-0.4, -0.2) is 36.5 Å². The lowest BCUT2D eigenvalue weighted by Gasteiger charge is -2.05. The van der Waals surface area contributed by atoms with Crippen LogP contribution in [-0.2, 0) is 4.74 Å². The molecule has 1 aromatic heterocycles. The van der Waals surface area contributed by atoms with E-state index >= 15 is 0 Å². The van der Waals surface area contributed by atoms with Gasteiger partial charge in [0.2, 0.25) is 5.56 Å². The fourth-order valence-electron chi connectivity index (χ4n) is 1.21. The summed E-state index contributed by atoms with van der Waals surface area (Å²) in [5.74, 6) is 0.178. The summed E-state index contributed by atoms with van der Waals surface area (Å²) in [6.07, 6.45) is 0.708. The van der Waals surface area contributed by atoms with Crippen molar-refractivity contribution < 1.29 is 9.53 Å². The van der Waals surface area contributed by atoms with Crippen LogP contribution in [0.4, 0.5) is 0 Å². The first-order chi connectivity index (χ1) is 8.24. The number of carbonyl (C=O) groups is 1. The molecule has 17 heavy (non-hydrogen) atoms. The van der Waals surface area contributed by atoms with Crippen LogP contribution in [0, 0.1) is 0 Å². The number of hydrogen-bond acceptors (Lipinski definition) is 3. The van der Waals surface area contributed by atoms with Gasteiger partial charge in [0.25, 0.3) is 5.91 Å². The first kappa shape index (κ1) is 13.7. The molecular weight excluding hydrogens is 244 g/mol. The zero-order chi connectivity index (χ0) is 12.5. The van der Waals surface area contributed by atoms with Gasteiger partial charge in [0, 0.05) is 25.1 Å². The predicted octanol–water partition coefficient (Wildman–Crippen LogP) is 0.750. The highest BCUT2D eigenvalue weighted by Crippen LogP contribution is 1.90. The van der Waals surface area contributed by atoms with Crippen LogP contribution in [0.15, 0.2) is 23.0 Å². The van der Waals surface area contributed by atoms with Crippen molar-refractivity contribution in [1.29, 1.82) is 0 Å². The number of amides is 1. The SMILES string of the molecule is O=C(NCCCOCCCl)c1cccc(=O)[nH]1. The molecule has 1 rings (SSSR count). The van der Waals surface area contributed by atoms with Gasteiger partial charge in [-0.05, 0) is 12.5 Å². The van der Waals surface area contributed by atoms with E-state index in [0.717, 1.165) is 0 Å². The summed E-state index contributed by atoms with van der Waals surface area (Å²) in [6, 6.07) is 4.45. The number of aromatic nitrogens is 1. The average Bonchev–Trinajstić information content (AvgIpc) is 2.33. The van der Waals surface area contributed by atoms with Crippen LogP contribution in [0.1, 0.15) is 16.9 Å². The molecule has 0 saturated carbocycles. The topological polar surface area (TPSA) is 71.2 Å². The standard InChI is InChI=1S/C11H15ClN2O3/c12-5-8-17-7-2-6-13-11(16)9-3-1-4-10(15)14-9/h1,3-4H,2,5-8H2,(H,13,16)(H,14,15). The van der Waals surface area contributed by atoms with Crippen molar-refractivity contribution in [2.75, 3.05) is 25.6 Å². The molecule has 6 heteroatoms. The second-order valence-electron chi connectivity index (χ2n) is 3.34. The minimum Gasteiger partial charge on any atom is -0.380 e. The third-order valence-electron chi connectivity index (χ3n) is 1.99. The van der Waals surface area contributed by atoms with E-state index in [4.69, 9.17) is 16.3 Å². The Morgan fingerprint density at radius 3 is 2.94 bits per heavy atom. The van der Waals surface area contributed by atoms with Gasteiger partial charge in [-0.2, -0.15) is 0 Å². The minimum absolute atomic E-state index is 0.263. The highest BCUT2D eigenvalue weighted by atomic mass is 35.5. The van der Waals surface area contributed by atoms with Gasteiger partial charge in [0.05, 0.1) is 6.61 Å². The average molecular weight is 259 g/mol. The molecule has 0 unspecified atom stereocenters. The number of halogens is 1. The second-order valence-corrected chi connectivity index (χ2v) is 3.72. The molecule has 2 N–H and O–H groups in total. The maximum Gasteiger partial charge on any atom is 0.267 e. The summed E-state index contributed by atoms with van der Waals surface area (Å²) in [5.41, 5.74) is -0.0257. The van der Waals surface area contributed by atoms with Gasteiger partial charge >= 0.3 is 0 Å². The normalized spacial score (nSPS) is 10.2. The zero-order valence-electron chi connectivity index (χ0n) is 9.37. The van der Waals surface area contributed by atoms with Crippen LogP contribution in [0.3, 0.4) is 0 Å². The Bertz CT molecular complexity index is 406. The Morgan fingerprint density at radius 1 is 1.41 bits per heavy atom. The van der Waals surface area contributed by atoms with E-state index in [9.17, 15) is 9.59 Å². The number of nitrogens with one attached hydrogen (secondary N) is 2. The lowest BCUT2D eigenvalue weighted by atomic mass is 10.3. The summed E-state index contributed by atoms with van der Waals surface area (Å²) < 4.78 is 5.15. The van der Waals surface area contributed by atoms with Gasteiger partial charge in [-0.3, -0.25) is 9.59 Å². The monoisotopic (exact) mass is 258 g/mol. The third-order valence-corrected chi connectivity index (χ3v) is 2.14. The molecule has 0 bridgehead atoms. The van der Waals surface area contributed by atoms with E-state index < -0.39 is 0 Å². The molecule has 0 spiro atoms. The van der Waals surface area contributed by atoms with Gasteiger partial charge < -0.3 is 15.0 Å². The number of rotatable bonds is 7. The van der Waals surface area contributed by atoms with Gasteiger partial charge in [-0.25, -0.2) is 0 Å². The maximum absolute atomic E-state index is 11.5. The summed E-state index contributed by atoms with van der Waals surface area (Å²) in [4.78, 5) is 25.0. The summed E-state index contributed by atoms with van der Waals surface area (Å²) >= 11 is 5.43. The number of ether oxygens (including phenoxy) is 1. The molecule has 0 atom stereocenters. The van der Waals surface area contributed by atoms with Crippen molar-refractivity contribution in [2.24, 2.45) is 0 Å². The molecule has 1 amide bonds. The summed E-state index contributed by atoms with van der Waals surface area (Å²) in [5, 5.41) is 2.68. The molecule has 0 saturated heterocycles. The molecule has 0 aliphatic rings. The van der Waals surface area contributed by atoms with E-state index in [0.29, 0.717) is 32.1 Å². The number of pyridine rings is 1. The van der Waals surface area contributed by atoms with Crippen molar-refractivity contribution >= 4 is 17.5 Å². The quantitative estimate of drug-likeness (QED) is 0.560. The van der Waals surface area contributed by atoms with Gasteiger partial charge in [0.1, 0.15) is 5.69 Å². The third kappa shape index (κ3) is 5.51. The number of aromatic amines is 1. The maximum atomic E-state index is 11.5. The van der Waals surface area contributed by atoms with Crippen LogP contribution in [0.25, 0.3) is 0 Å². The van der Waals surface area contributed by atoms with Gasteiger partial charge in [-0.1, -0.05) is 6.07 Å². The number of carbonyl (C=O) groups excluding carboxylic acids is 1. The Labute approximate surface area is 104 Å². The van der Waals surface area contributed by atoms with Crippen LogP contribution in [0.2, 0.25) is 0 Å². The lowest BCUT2D eigenvalue weighted by molar-refractivity contribution is 0.0939. The van der Waals surface area contributed by atoms with Crippen LogP contribution < -0.4 is 10.9 Å². The predicted molar refractivity (Wildman–Crippen MR) is 65.6 cm³/mol. The zero-order valence-corrected chi connectivity index (χ0v) is 10.1. The molecule has 0 aliphatic heterocycles. The molecule has 1 aromatic rings. The van der Waals surface area contributed by atoms with Crippen molar-refractivity contribution in [3.05, 3.63) is 34.2 Å². The molecule has 0 aliphatic carbocycles. The smallest absolute Gasteiger partial charge is 0.267 e. The van der Waals surface area contributed by atoms with Crippen molar-refractivity contribution in [3.63, 3.8) is 0 Å². The number of alkyl halides is 1. The number of H-pyrrole nitrogens is 1. The molecule has 94 valence electrons. The Balaban J connectivity index is 2.24. The van der Waals surface area contributed by atoms with Crippen molar-refractivity contribution in [3.8, 4) is 0 Å². The molecular formula is C11H15ClN2O3. The van der Waals surface area contributed by atoms with Gasteiger partial charge in [0.15, 0.2) is 0 Å². The lowest BCUT2D eigenvalue weighted by Crippen LogP contribution is -2.27. The number of hydrogen-bond donors (Lipinski definition) is 2. The van der Waals surface area contributed by atoms with E-state index in [1.54, 1.807) is 6.07 Å². The van der Waals surface area contributed by atoms with E-state index in [-0.39, 0.29) is 17.2 Å². The molecule has 1 heterocycles. The fraction of sp³-hybridized carbons (Fsp3) is 0.455. The molecule has 0 aromatic carbocycles. The Hall–Kier alpha value is -1.33. The fourth-order valence-corrected chi connectivity index (χ4v) is 1.32. The van der Waals surface area contributed by atoms with Crippen LogP contribution >= 0.6 is 11.6 Å². The second kappa shape index (κ2) is 7.86. The molecule has 0 radical (unpaired) electrons. The molecule has 5 nitrogen and oxygen atoms in total. The largest absolute Gasteiger partial charge is 0.380 e. The Morgan fingerprint density at radius 2 is 2.24 bits per heavy atom. The first-order valence-electron chi connectivity index (χ1n) is 5.35. The highest BCUT2D eigenvalue weighted by Gasteiger charge is 2.04. The van der Waals surface area contributed by atoms with Crippen LogP contribution in [0.5, 0.6) is 0 Å². The van der Waals surface area contributed by atoms with E-state index in [1.807, 2.05) is 0 Å².